The molecule has 1 heterocycles. The van der Waals surface area contributed by atoms with Gasteiger partial charge in [-0.25, -0.2) is 10.1 Å². The number of thioether (sulfide) groups is 1. The lowest BCUT2D eigenvalue weighted by atomic mass is 10.2. The highest BCUT2D eigenvalue weighted by Crippen LogP contribution is 2.28. The Morgan fingerprint density at radius 1 is 1.14 bits per heavy atom. The molecule has 0 bridgehead atoms. The van der Waals surface area contributed by atoms with Gasteiger partial charge in [0.05, 0.1) is 17.5 Å². The quantitative estimate of drug-likeness (QED) is 0.124. The van der Waals surface area contributed by atoms with Crippen LogP contribution in [0.4, 0.5) is 0 Å². The zero-order valence-corrected chi connectivity index (χ0v) is 20.7. The Morgan fingerprint density at radius 2 is 1.94 bits per heavy atom. The number of hydrogen-bond acceptors (Lipinski definition) is 8. The molecule has 35 heavy (non-hydrogen) atoms. The second-order valence-electron chi connectivity index (χ2n) is 7.23. The van der Waals surface area contributed by atoms with Gasteiger partial charge in [-0.15, -0.1) is 10.2 Å². The molecule has 11 heteroatoms. The molecule has 4 rings (SSSR count). The average Bonchev–Trinajstić information content (AvgIpc) is 3.22. The fourth-order valence-electron chi connectivity index (χ4n) is 3.06. The van der Waals surface area contributed by atoms with Gasteiger partial charge in [-0.1, -0.05) is 64.1 Å². The van der Waals surface area contributed by atoms with E-state index in [0.717, 1.165) is 27.4 Å². The molecule has 9 nitrogen and oxygen atoms in total. The Kier molecular flexibility index (Phi) is 8.01. The smallest absolute Gasteiger partial charge is 0.250 e. The Hall–Kier alpha value is -3.83. The summed E-state index contributed by atoms with van der Waals surface area (Å²) in [6, 6.07) is 22.0. The van der Waals surface area contributed by atoms with Crippen LogP contribution in [0.3, 0.4) is 0 Å². The first-order chi connectivity index (χ1) is 17.0. The van der Waals surface area contributed by atoms with Crippen LogP contribution in [0.1, 0.15) is 11.1 Å². The number of para-hydroxylation sites is 2. The van der Waals surface area contributed by atoms with E-state index in [1.807, 2.05) is 48.5 Å². The number of nitrogens with zero attached hydrogens (tertiary/aromatic N) is 4. The van der Waals surface area contributed by atoms with Gasteiger partial charge in [0.25, 0.3) is 5.91 Å². The van der Waals surface area contributed by atoms with E-state index >= 15 is 0 Å². The lowest BCUT2D eigenvalue weighted by Gasteiger charge is -2.09. The molecule has 0 spiro atoms. The maximum atomic E-state index is 12.3. The van der Waals surface area contributed by atoms with Crippen molar-refractivity contribution in [2.45, 2.75) is 11.8 Å². The largest absolute Gasteiger partial charge is 0.507 e. The summed E-state index contributed by atoms with van der Waals surface area (Å²) in [4.78, 5) is 12.3. The average molecular weight is 553 g/mol. The second kappa shape index (κ2) is 11.5. The summed E-state index contributed by atoms with van der Waals surface area (Å²) in [6.07, 6.45) is 1.53. The third-order valence-corrected chi connectivity index (χ3v) is 6.17. The van der Waals surface area contributed by atoms with Crippen LogP contribution in [0, 0.1) is 0 Å². The number of amides is 1. The summed E-state index contributed by atoms with van der Waals surface area (Å²) >= 11 is 4.55. The van der Waals surface area contributed by atoms with E-state index in [4.69, 9.17) is 10.6 Å². The van der Waals surface area contributed by atoms with Crippen LogP contribution >= 0.6 is 27.7 Å². The third-order valence-electron chi connectivity index (χ3n) is 4.74. The lowest BCUT2D eigenvalue weighted by Crippen LogP contribution is -2.20. The summed E-state index contributed by atoms with van der Waals surface area (Å²) in [7, 11) is 0. The number of aromatic nitrogens is 3. The number of carbonyl (C=O) groups excluding carboxylic acids is 1. The van der Waals surface area contributed by atoms with E-state index in [1.54, 1.807) is 18.2 Å². The van der Waals surface area contributed by atoms with Crippen molar-refractivity contribution in [1.29, 1.82) is 0 Å². The Morgan fingerprint density at radius 3 is 2.77 bits per heavy atom. The SMILES string of the molecule is Nn1c(SCC(=O)N/N=C/c2ccccc2OCc2cccc(Br)c2)nnc1-c1ccccc1O. The van der Waals surface area contributed by atoms with Crippen molar-refractivity contribution in [3.63, 3.8) is 0 Å². The molecule has 0 fully saturated rings. The van der Waals surface area contributed by atoms with Crippen LogP contribution in [-0.2, 0) is 11.4 Å². The monoisotopic (exact) mass is 552 g/mol. The first kappa shape index (κ1) is 24.3. The summed E-state index contributed by atoms with van der Waals surface area (Å²) in [6.45, 7) is 0.399. The summed E-state index contributed by atoms with van der Waals surface area (Å²) in [5.41, 5.74) is 4.68. The molecule has 4 N–H and O–H groups in total. The van der Waals surface area contributed by atoms with Gasteiger partial charge in [0.15, 0.2) is 5.82 Å². The molecular formula is C24H21BrN6O3S. The van der Waals surface area contributed by atoms with E-state index in [-0.39, 0.29) is 17.4 Å². The minimum absolute atomic E-state index is 0.0223. The molecule has 0 radical (unpaired) electrons. The van der Waals surface area contributed by atoms with Crippen molar-refractivity contribution in [3.8, 4) is 22.9 Å². The van der Waals surface area contributed by atoms with Gasteiger partial charge >= 0.3 is 0 Å². The summed E-state index contributed by atoms with van der Waals surface area (Å²) in [5.74, 6) is 6.70. The van der Waals surface area contributed by atoms with Crippen LogP contribution in [0.25, 0.3) is 11.4 Å². The Bertz CT molecular complexity index is 1360. The third kappa shape index (κ3) is 6.40. The minimum Gasteiger partial charge on any atom is -0.507 e. The Labute approximate surface area is 214 Å². The lowest BCUT2D eigenvalue weighted by molar-refractivity contribution is -0.118. The number of nitrogens with one attached hydrogen (secondary N) is 1. The van der Waals surface area contributed by atoms with Crippen LogP contribution in [0.2, 0.25) is 0 Å². The van der Waals surface area contributed by atoms with Crippen LogP contribution in [-0.4, -0.2) is 37.9 Å². The highest BCUT2D eigenvalue weighted by atomic mass is 79.9. The first-order valence-electron chi connectivity index (χ1n) is 10.4. The highest BCUT2D eigenvalue weighted by Gasteiger charge is 2.16. The fraction of sp³-hybridized carbons (Fsp3) is 0.0833. The van der Waals surface area contributed by atoms with E-state index in [0.29, 0.717) is 28.9 Å². The van der Waals surface area contributed by atoms with Crippen molar-refractivity contribution < 1.29 is 14.6 Å². The Balaban J connectivity index is 1.31. The molecule has 4 aromatic rings. The normalized spacial score (nSPS) is 11.0. The zero-order chi connectivity index (χ0) is 24.6. The molecule has 0 saturated heterocycles. The molecule has 0 saturated carbocycles. The van der Waals surface area contributed by atoms with Gasteiger partial charge in [0.1, 0.15) is 18.1 Å². The van der Waals surface area contributed by atoms with Crippen molar-refractivity contribution >= 4 is 39.8 Å². The maximum Gasteiger partial charge on any atom is 0.250 e. The number of phenols is 1. The number of carbonyl (C=O) groups is 1. The maximum absolute atomic E-state index is 12.3. The molecule has 1 aromatic heterocycles. The van der Waals surface area contributed by atoms with Crippen LogP contribution in [0.5, 0.6) is 11.5 Å². The van der Waals surface area contributed by atoms with E-state index < -0.39 is 0 Å². The predicted molar refractivity (Wildman–Crippen MR) is 139 cm³/mol. The number of benzene rings is 3. The topological polar surface area (TPSA) is 128 Å². The summed E-state index contributed by atoms with van der Waals surface area (Å²) in [5, 5.41) is 22.4. The fourth-order valence-corrected chi connectivity index (χ4v) is 4.16. The van der Waals surface area contributed by atoms with Crippen molar-refractivity contribution in [2.24, 2.45) is 5.10 Å². The highest BCUT2D eigenvalue weighted by molar-refractivity contribution is 9.10. The number of phenolic OH excluding ortho intramolecular Hbond substituents is 1. The molecule has 0 aliphatic carbocycles. The van der Waals surface area contributed by atoms with Crippen LogP contribution < -0.4 is 16.0 Å². The number of ether oxygens (including phenoxy) is 1. The molecule has 0 aliphatic rings. The first-order valence-corrected chi connectivity index (χ1v) is 12.2. The number of rotatable bonds is 9. The molecule has 3 aromatic carbocycles. The molecule has 0 atom stereocenters. The summed E-state index contributed by atoms with van der Waals surface area (Å²) < 4.78 is 8.14. The van der Waals surface area contributed by atoms with Gasteiger partial charge < -0.3 is 15.7 Å². The second-order valence-corrected chi connectivity index (χ2v) is 9.09. The van der Waals surface area contributed by atoms with Crippen molar-refractivity contribution in [2.75, 3.05) is 11.6 Å². The molecule has 0 aliphatic heterocycles. The van der Waals surface area contributed by atoms with Gasteiger partial charge in [-0.3, -0.25) is 4.79 Å². The van der Waals surface area contributed by atoms with Gasteiger partial charge in [-0.2, -0.15) is 5.10 Å². The number of hydrogen-bond donors (Lipinski definition) is 3. The molecular weight excluding hydrogens is 532 g/mol. The van der Waals surface area contributed by atoms with Gasteiger partial charge in [0, 0.05) is 10.0 Å². The number of aromatic hydroxyl groups is 1. The van der Waals surface area contributed by atoms with E-state index in [1.165, 1.54) is 17.0 Å². The van der Waals surface area contributed by atoms with Crippen molar-refractivity contribution in [3.05, 3.63) is 88.4 Å². The predicted octanol–water partition coefficient (Wildman–Crippen LogP) is 3.95. The minimum atomic E-state index is -0.342. The van der Waals surface area contributed by atoms with E-state index in [2.05, 4.69) is 36.7 Å². The number of nitrogen functional groups attached to an aromatic ring is 1. The van der Waals surface area contributed by atoms with Gasteiger partial charge in [0.2, 0.25) is 5.16 Å². The van der Waals surface area contributed by atoms with E-state index in [9.17, 15) is 9.90 Å². The van der Waals surface area contributed by atoms with Crippen molar-refractivity contribution in [1.82, 2.24) is 20.3 Å². The number of halogens is 1. The molecule has 1 amide bonds. The standard InChI is InChI=1S/C24H21BrN6O3S/c25-18-8-5-6-16(12-18)14-34-21-11-4-1-7-17(21)13-27-28-22(33)15-35-24-30-29-23(31(24)26)19-9-2-3-10-20(19)32/h1-13,32H,14-15,26H2,(H,28,33)/b27-13+. The molecule has 0 unspecified atom stereocenters. The zero-order valence-electron chi connectivity index (χ0n) is 18.3. The van der Waals surface area contributed by atoms with Gasteiger partial charge in [-0.05, 0) is 42.0 Å². The van der Waals surface area contributed by atoms with Crippen LogP contribution in [0.15, 0.2) is 87.5 Å². The number of nitrogens with two attached hydrogens (primary N) is 1. The molecule has 178 valence electrons. The number of hydrazone groups is 1.